The van der Waals surface area contributed by atoms with Crippen LogP contribution in [-0.4, -0.2) is 42.6 Å². The Morgan fingerprint density at radius 3 is 2.95 bits per heavy atom. The number of aliphatic hydroxyl groups is 1. The van der Waals surface area contributed by atoms with E-state index >= 15 is 0 Å². The number of aliphatic hydroxyl groups excluding tert-OH is 1. The van der Waals surface area contributed by atoms with Crippen LogP contribution in [0.1, 0.15) is 19.3 Å². The molecule has 2 N–H and O–H groups in total. The van der Waals surface area contributed by atoms with E-state index in [-0.39, 0.29) is 12.4 Å². The van der Waals surface area contributed by atoms with E-state index in [1.54, 1.807) is 18.2 Å². The van der Waals surface area contributed by atoms with Gasteiger partial charge in [-0.1, -0.05) is 12.1 Å². The molecule has 2 aliphatic rings. The summed E-state index contributed by atoms with van der Waals surface area (Å²) in [5, 5.41) is 13.2. The average molecular weight is 281 g/mol. The summed E-state index contributed by atoms with van der Waals surface area (Å²) >= 11 is 0. The number of benzene rings is 1. The van der Waals surface area contributed by atoms with E-state index in [4.69, 9.17) is 9.47 Å². The van der Waals surface area contributed by atoms with Crippen molar-refractivity contribution in [3.05, 3.63) is 30.1 Å². The van der Waals surface area contributed by atoms with Crippen molar-refractivity contribution in [1.29, 1.82) is 0 Å². The molecule has 0 saturated carbocycles. The predicted molar refractivity (Wildman–Crippen MR) is 72.2 cm³/mol. The lowest BCUT2D eigenvalue weighted by Crippen LogP contribution is -2.42. The number of halogens is 1. The normalized spacial score (nSPS) is 29.6. The molecule has 0 aliphatic carbocycles. The summed E-state index contributed by atoms with van der Waals surface area (Å²) in [5.74, 6) is -0.232. The molecule has 5 heteroatoms. The molecular weight excluding hydrogens is 261 g/mol. The van der Waals surface area contributed by atoms with Gasteiger partial charge < -0.3 is 19.9 Å². The van der Waals surface area contributed by atoms with Crippen LogP contribution in [0.25, 0.3) is 0 Å². The molecule has 0 amide bonds. The number of fused-ring (bicyclic) bond motifs is 2. The van der Waals surface area contributed by atoms with Gasteiger partial charge in [-0.05, 0) is 31.4 Å². The molecule has 0 spiro atoms. The fourth-order valence-electron chi connectivity index (χ4n) is 2.95. The first kappa shape index (κ1) is 13.8. The van der Waals surface area contributed by atoms with Crippen LogP contribution in [-0.2, 0) is 4.74 Å². The number of rotatable bonds is 6. The zero-order valence-electron chi connectivity index (χ0n) is 11.3. The molecule has 1 aromatic rings. The standard InChI is InChI=1S/C15H20FNO3/c16-12-3-1-2-4-14(12)19-9-10(18)8-17-13-7-11-5-6-15(13)20-11/h1-4,10-11,13,15,17-18H,5-9H2. The first-order valence-electron chi connectivity index (χ1n) is 7.16. The van der Waals surface area contributed by atoms with Crippen molar-refractivity contribution in [3.8, 4) is 5.75 Å². The summed E-state index contributed by atoms with van der Waals surface area (Å²) < 4.78 is 24.4. The number of nitrogens with one attached hydrogen (secondary N) is 1. The predicted octanol–water partition coefficient (Wildman–Crippen LogP) is 1.47. The highest BCUT2D eigenvalue weighted by atomic mass is 19.1. The van der Waals surface area contributed by atoms with E-state index in [2.05, 4.69) is 5.32 Å². The average Bonchev–Trinajstić information content (AvgIpc) is 3.06. The molecule has 4 unspecified atom stereocenters. The molecule has 3 rings (SSSR count). The number of para-hydroxylation sites is 1. The Morgan fingerprint density at radius 1 is 1.40 bits per heavy atom. The summed E-state index contributed by atoms with van der Waals surface area (Å²) in [7, 11) is 0. The zero-order chi connectivity index (χ0) is 13.9. The van der Waals surface area contributed by atoms with Crippen molar-refractivity contribution < 1.29 is 19.0 Å². The van der Waals surface area contributed by atoms with Gasteiger partial charge >= 0.3 is 0 Å². The van der Waals surface area contributed by atoms with Gasteiger partial charge in [0.15, 0.2) is 11.6 Å². The number of hydrogen-bond acceptors (Lipinski definition) is 4. The third kappa shape index (κ3) is 3.11. The van der Waals surface area contributed by atoms with Gasteiger partial charge in [-0.15, -0.1) is 0 Å². The smallest absolute Gasteiger partial charge is 0.165 e. The monoisotopic (exact) mass is 281 g/mol. The SMILES string of the molecule is OC(CNC1CC2CCC1O2)COc1ccccc1F. The molecule has 110 valence electrons. The van der Waals surface area contributed by atoms with Crippen LogP contribution < -0.4 is 10.1 Å². The summed E-state index contributed by atoms with van der Waals surface area (Å²) in [6, 6.07) is 6.54. The lowest BCUT2D eigenvalue weighted by molar-refractivity contribution is 0.0846. The van der Waals surface area contributed by atoms with Crippen molar-refractivity contribution in [2.45, 2.75) is 43.6 Å². The van der Waals surface area contributed by atoms with Gasteiger partial charge in [0.2, 0.25) is 0 Å². The Morgan fingerprint density at radius 2 is 2.25 bits per heavy atom. The molecule has 2 aliphatic heterocycles. The molecule has 20 heavy (non-hydrogen) atoms. The second-order valence-corrected chi connectivity index (χ2v) is 5.52. The van der Waals surface area contributed by atoms with Gasteiger partial charge in [-0.3, -0.25) is 0 Å². The Balaban J connectivity index is 1.39. The number of ether oxygens (including phenoxy) is 2. The van der Waals surface area contributed by atoms with E-state index in [1.807, 2.05) is 0 Å². The second-order valence-electron chi connectivity index (χ2n) is 5.52. The number of hydrogen-bond donors (Lipinski definition) is 2. The van der Waals surface area contributed by atoms with Gasteiger partial charge in [0, 0.05) is 12.6 Å². The molecule has 4 nitrogen and oxygen atoms in total. The maximum absolute atomic E-state index is 13.3. The molecule has 0 radical (unpaired) electrons. The van der Waals surface area contributed by atoms with Crippen molar-refractivity contribution in [2.24, 2.45) is 0 Å². The van der Waals surface area contributed by atoms with Crippen LogP contribution >= 0.6 is 0 Å². The van der Waals surface area contributed by atoms with Crippen molar-refractivity contribution in [2.75, 3.05) is 13.2 Å². The second kappa shape index (κ2) is 6.08. The topological polar surface area (TPSA) is 50.7 Å². The lowest BCUT2D eigenvalue weighted by atomic mass is 9.95. The lowest BCUT2D eigenvalue weighted by Gasteiger charge is -2.22. The highest BCUT2D eigenvalue weighted by Crippen LogP contribution is 2.34. The molecule has 4 atom stereocenters. The van der Waals surface area contributed by atoms with Crippen LogP contribution in [0.3, 0.4) is 0 Å². The maximum Gasteiger partial charge on any atom is 0.165 e. The zero-order valence-corrected chi connectivity index (χ0v) is 11.3. The minimum Gasteiger partial charge on any atom is -0.488 e. The van der Waals surface area contributed by atoms with E-state index in [1.165, 1.54) is 6.07 Å². The van der Waals surface area contributed by atoms with Crippen molar-refractivity contribution in [1.82, 2.24) is 5.32 Å². The van der Waals surface area contributed by atoms with Gasteiger partial charge in [0.1, 0.15) is 12.7 Å². The first-order valence-corrected chi connectivity index (χ1v) is 7.16. The van der Waals surface area contributed by atoms with Crippen LogP contribution in [0.5, 0.6) is 5.75 Å². The largest absolute Gasteiger partial charge is 0.488 e. The highest BCUT2D eigenvalue weighted by molar-refractivity contribution is 5.23. The van der Waals surface area contributed by atoms with Crippen LogP contribution in [0, 0.1) is 5.82 Å². The summed E-state index contributed by atoms with van der Waals surface area (Å²) in [6.45, 7) is 0.515. The molecule has 2 bridgehead atoms. The molecule has 2 fully saturated rings. The summed E-state index contributed by atoms with van der Waals surface area (Å²) in [6.07, 6.45) is 3.30. The Bertz CT molecular complexity index is 456. The Hall–Kier alpha value is -1.17. The van der Waals surface area contributed by atoms with Gasteiger partial charge in [0.25, 0.3) is 0 Å². The quantitative estimate of drug-likeness (QED) is 0.829. The third-order valence-electron chi connectivity index (χ3n) is 3.99. The molecule has 2 saturated heterocycles. The summed E-state index contributed by atoms with van der Waals surface area (Å²) in [5.41, 5.74) is 0. The molecule has 2 heterocycles. The fraction of sp³-hybridized carbons (Fsp3) is 0.600. The highest BCUT2D eigenvalue weighted by Gasteiger charge is 2.40. The van der Waals surface area contributed by atoms with Crippen molar-refractivity contribution in [3.63, 3.8) is 0 Å². The first-order chi connectivity index (χ1) is 9.72. The van der Waals surface area contributed by atoms with Gasteiger partial charge in [-0.25, -0.2) is 4.39 Å². The molecular formula is C15H20FNO3. The molecule has 0 aromatic heterocycles. The van der Waals surface area contributed by atoms with Crippen molar-refractivity contribution >= 4 is 0 Å². The van der Waals surface area contributed by atoms with Gasteiger partial charge in [0.05, 0.1) is 12.2 Å². The Kier molecular flexibility index (Phi) is 4.19. The maximum atomic E-state index is 13.3. The fourth-order valence-corrected chi connectivity index (χ4v) is 2.95. The molecule has 1 aromatic carbocycles. The third-order valence-corrected chi connectivity index (χ3v) is 3.99. The van der Waals surface area contributed by atoms with Gasteiger partial charge in [-0.2, -0.15) is 0 Å². The van der Waals surface area contributed by atoms with E-state index in [0.29, 0.717) is 24.8 Å². The van der Waals surface area contributed by atoms with E-state index in [9.17, 15) is 9.50 Å². The van der Waals surface area contributed by atoms with Crippen LogP contribution in [0.4, 0.5) is 4.39 Å². The van der Waals surface area contributed by atoms with Crippen LogP contribution in [0.15, 0.2) is 24.3 Å². The van der Waals surface area contributed by atoms with E-state index < -0.39 is 11.9 Å². The summed E-state index contributed by atoms with van der Waals surface area (Å²) in [4.78, 5) is 0. The minimum absolute atomic E-state index is 0.0790. The van der Waals surface area contributed by atoms with Crippen LogP contribution in [0.2, 0.25) is 0 Å². The Labute approximate surface area is 117 Å². The van der Waals surface area contributed by atoms with E-state index in [0.717, 1.165) is 19.3 Å². The minimum atomic E-state index is -0.659.